The predicted molar refractivity (Wildman–Crippen MR) is 130 cm³/mol. The molecule has 1 aliphatic rings. The standard InChI is InChI=1S/C23H26ClN5O3S/c1-15-4-6-19(16(2)12-15)28-8-10-29(11-9-28)23-26-14-21(22(25)27-23)33(30,31)17-5-7-20(32-3)18(24)13-17/h4-7,12-14H,8-11H2,1-3H3,(H2,25,26,27). The summed E-state index contributed by atoms with van der Waals surface area (Å²) >= 11 is 6.10. The van der Waals surface area contributed by atoms with Crippen molar-refractivity contribution in [2.24, 2.45) is 0 Å². The van der Waals surface area contributed by atoms with Gasteiger partial charge in [0.1, 0.15) is 16.5 Å². The van der Waals surface area contributed by atoms with Gasteiger partial charge in [0.2, 0.25) is 15.8 Å². The molecule has 0 atom stereocenters. The summed E-state index contributed by atoms with van der Waals surface area (Å²) in [4.78, 5) is 12.8. The van der Waals surface area contributed by atoms with Gasteiger partial charge >= 0.3 is 0 Å². The maximum Gasteiger partial charge on any atom is 0.227 e. The first-order valence-electron chi connectivity index (χ1n) is 10.5. The third-order valence-electron chi connectivity index (χ3n) is 5.75. The molecular weight excluding hydrogens is 462 g/mol. The highest BCUT2D eigenvalue weighted by atomic mass is 35.5. The molecule has 1 aromatic heterocycles. The third-order valence-corrected chi connectivity index (χ3v) is 7.81. The van der Waals surface area contributed by atoms with Crippen LogP contribution in [0.25, 0.3) is 0 Å². The van der Waals surface area contributed by atoms with Gasteiger partial charge in [-0.25, -0.2) is 13.4 Å². The third kappa shape index (κ3) is 4.56. The number of nitrogens with zero attached hydrogens (tertiary/aromatic N) is 4. The number of piperazine rings is 1. The fourth-order valence-corrected chi connectivity index (χ4v) is 5.59. The minimum absolute atomic E-state index is 0.00145. The number of aromatic nitrogens is 2. The topological polar surface area (TPSA) is 102 Å². The number of aryl methyl sites for hydroxylation is 2. The minimum Gasteiger partial charge on any atom is -0.495 e. The number of anilines is 3. The monoisotopic (exact) mass is 487 g/mol. The lowest BCUT2D eigenvalue weighted by atomic mass is 10.1. The van der Waals surface area contributed by atoms with Crippen LogP contribution in [0.3, 0.4) is 0 Å². The fraction of sp³-hybridized carbons (Fsp3) is 0.304. The molecule has 1 saturated heterocycles. The molecule has 0 amide bonds. The summed E-state index contributed by atoms with van der Waals surface area (Å²) in [6.07, 6.45) is 1.27. The molecule has 174 valence electrons. The summed E-state index contributed by atoms with van der Waals surface area (Å²) in [6.45, 7) is 7.21. The molecule has 0 saturated carbocycles. The van der Waals surface area contributed by atoms with Gasteiger partial charge in [-0.15, -0.1) is 0 Å². The van der Waals surface area contributed by atoms with Crippen molar-refractivity contribution in [1.82, 2.24) is 9.97 Å². The molecule has 0 radical (unpaired) electrons. The van der Waals surface area contributed by atoms with Crippen LogP contribution < -0.4 is 20.3 Å². The number of hydrogen-bond donors (Lipinski definition) is 1. The predicted octanol–water partition coefficient (Wildman–Crippen LogP) is 3.50. The second-order valence-electron chi connectivity index (χ2n) is 7.98. The molecule has 8 nitrogen and oxygen atoms in total. The molecule has 2 aromatic carbocycles. The van der Waals surface area contributed by atoms with Crippen molar-refractivity contribution in [1.29, 1.82) is 0 Å². The van der Waals surface area contributed by atoms with Crippen molar-refractivity contribution in [3.8, 4) is 5.75 Å². The fourth-order valence-electron chi connectivity index (χ4n) is 3.98. The molecule has 0 unspecified atom stereocenters. The van der Waals surface area contributed by atoms with E-state index in [4.69, 9.17) is 22.1 Å². The molecule has 4 rings (SSSR count). The van der Waals surface area contributed by atoms with E-state index in [1.54, 1.807) is 0 Å². The Morgan fingerprint density at radius 1 is 1.03 bits per heavy atom. The Morgan fingerprint density at radius 2 is 1.73 bits per heavy atom. The van der Waals surface area contributed by atoms with E-state index in [-0.39, 0.29) is 20.6 Å². The number of methoxy groups -OCH3 is 1. The Kier molecular flexibility index (Phi) is 6.36. The van der Waals surface area contributed by atoms with Crippen molar-refractivity contribution in [3.63, 3.8) is 0 Å². The van der Waals surface area contributed by atoms with E-state index in [0.29, 0.717) is 24.8 Å². The lowest BCUT2D eigenvalue weighted by Gasteiger charge is -2.37. The van der Waals surface area contributed by atoms with Crippen LogP contribution >= 0.6 is 11.6 Å². The van der Waals surface area contributed by atoms with Crippen LogP contribution in [0.1, 0.15) is 11.1 Å². The van der Waals surface area contributed by atoms with Gasteiger partial charge in [-0.1, -0.05) is 29.3 Å². The zero-order valence-corrected chi connectivity index (χ0v) is 20.3. The van der Waals surface area contributed by atoms with Gasteiger partial charge < -0.3 is 20.3 Å². The van der Waals surface area contributed by atoms with Crippen LogP contribution in [-0.2, 0) is 9.84 Å². The van der Waals surface area contributed by atoms with Gasteiger partial charge in [0.05, 0.1) is 23.2 Å². The SMILES string of the molecule is COc1ccc(S(=O)(=O)c2cnc(N3CCN(c4ccc(C)cc4C)CC3)nc2N)cc1Cl. The van der Waals surface area contributed by atoms with E-state index in [0.717, 1.165) is 13.1 Å². The molecule has 0 bridgehead atoms. The van der Waals surface area contributed by atoms with E-state index >= 15 is 0 Å². The second-order valence-corrected chi connectivity index (χ2v) is 10.3. The van der Waals surface area contributed by atoms with Gasteiger partial charge in [-0.3, -0.25) is 0 Å². The minimum atomic E-state index is -3.93. The number of benzene rings is 2. The van der Waals surface area contributed by atoms with Crippen LogP contribution in [0.15, 0.2) is 52.4 Å². The molecular formula is C23H26ClN5O3S. The summed E-state index contributed by atoms with van der Waals surface area (Å²) < 4.78 is 31.2. The second kappa shape index (κ2) is 9.07. The van der Waals surface area contributed by atoms with Crippen LogP contribution in [0.4, 0.5) is 17.5 Å². The van der Waals surface area contributed by atoms with E-state index in [9.17, 15) is 8.42 Å². The highest BCUT2D eigenvalue weighted by molar-refractivity contribution is 7.91. The van der Waals surface area contributed by atoms with Crippen molar-refractivity contribution in [3.05, 3.63) is 58.7 Å². The first kappa shape index (κ1) is 23.1. The number of ether oxygens (including phenoxy) is 1. The first-order chi connectivity index (χ1) is 15.7. The number of hydrogen-bond acceptors (Lipinski definition) is 8. The molecule has 10 heteroatoms. The Hall–Kier alpha value is -3.04. The molecule has 0 spiro atoms. The number of rotatable bonds is 5. The van der Waals surface area contributed by atoms with E-state index < -0.39 is 9.84 Å². The normalized spacial score (nSPS) is 14.4. The number of nitrogen functional groups attached to an aromatic ring is 1. The zero-order chi connectivity index (χ0) is 23.8. The maximum atomic E-state index is 13.1. The quantitative estimate of drug-likeness (QED) is 0.583. The molecule has 0 aliphatic carbocycles. The Labute approximate surface area is 198 Å². The molecule has 3 aromatic rings. The summed E-state index contributed by atoms with van der Waals surface area (Å²) in [5.41, 5.74) is 9.78. The Balaban J connectivity index is 1.52. The van der Waals surface area contributed by atoms with Gasteiger partial charge in [-0.2, -0.15) is 4.98 Å². The van der Waals surface area contributed by atoms with Crippen LogP contribution in [0.5, 0.6) is 5.75 Å². The number of sulfone groups is 1. The Morgan fingerprint density at radius 3 is 2.33 bits per heavy atom. The summed E-state index contributed by atoms with van der Waals surface area (Å²) in [5.74, 6) is 0.707. The highest BCUT2D eigenvalue weighted by Gasteiger charge is 2.26. The summed E-state index contributed by atoms with van der Waals surface area (Å²) in [5, 5.41) is 0.191. The highest BCUT2D eigenvalue weighted by Crippen LogP contribution is 2.32. The van der Waals surface area contributed by atoms with Crippen molar-refractivity contribution >= 4 is 38.9 Å². The smallest absolute Gasteiger partial charge is 0.227 e. The molecule has 2 heterocycles. The number of halogens is 1. The van der Waals surface area contributed by atoms with Crippen molar-refractivity contribution in [2.45, 2.75) is 23.6 Å². The maximum absolute atomic E-state index is 13.1. The molecule has 2 N–H and O–H groups in total. The van der Waals surface area contributed by atoms with Crippen LogP contribution in [-0.4, -0.2) is 51.7 Å². The average molecular weight is 488 g/mol. The lowest BCUT2D eigenvalue weighted by Crippen LogP contribution is -2.47. The lowest BCUT2D eigenvalue weighted by molar-refractivity contribution is 0.414. The van der Waals surface area contributed by atoms with Gasteiger partial charge in [-0.05, 0) is 43.7 Å². The van der Waals surface area contributed by atoms with E-state index in [1.165, 1.54) is 48.3 Å². The molecule has 33 heavy (non-hydrogen) atoms. The van der Waals surface area contributed by atoms with Crippen molar-refractivity contribution in [2.75, 3.05) is 48.8 Å². The molecule has 1 aliphatic heterocycles. The van der Waals surface area contributed by atoms with Crippen LogP contribution in [0, 0.1) is 13.8 Å². The largest absolute Gasteiger partial charge is 0.495 e. The molecule has 1 fully saturated rings. The Bertz CT molecular complexity index is 1290. The van der Waals surface area contributed by atoms with Gasteiger partial charge in [0.25, 0.3) is 0 Å². The van der Waals surface area contributed by atoms with Gasteiger partial charge in [0, 0.05) is 31.9 Å². The first-order valence-corrected chi connectivity index (χ1v) is 12.3. The zero-order valence-electron chi connectivity index (χ0n) is 18.7. The summed E-state index contributed by atoms with van der Waals surface area (Å²) in [7, 11) is -2.47. The average Bonchev–Trinajstić information content (AvgIpc) is 2.79. The van der Waals surface area contributed by atoms with E-state index in [2.05, 4.69) is 46.9 Å². The van der Waals surface area contributed by atoms with Crippen molar-refractivity contribution < 1.29 is 13.2 Å². The van der Waals surface area contributed by atoms with Gasteiger partial charge in [0.15, 0.2) is 0 Å². The number of nitrogens with two attached hydrogens (primary N) is 1. The summed E-state index contributed by atoms with van der Waals surface area (Å²) in [6, 6.07) is 10.7. The van der Waals surface area contributed by atoms with Crippen LogP contribution in [0.2, 0.25) is 5.02 Å². The van der Waals surface area contributed by atoms with E-state index in [1.807, 2.05) is 4.90 Å².